The van der Waals surface area contributed by atoms with Crippen molar-refractivity contribution in [3.63, 3.8) is 0 Å². The molecule has 4 aliphatic heterocycles. The highest BCUT2D eigenvalue weighted by Crippen LogP contribution is 2.41. The number of hydrogen-bond acceptors (Lipinski definition) is 10. The molecule has 0 saturated carbocycles. The number of nitrogens with zero attached hydrogens (tertiary/aromatic N) is 4. The Hall–Kier alpha value is -2.94. The second-order valence-corrected chi connectivity index (χ2v) is 14.8. The molecule has 10 nitrogen and oxygen atoms in total. The van der Waals surface area contributed by atoms with Crippen molar-refractivity contribution < 1.29 is 19.1 Å². The van der Waals surface area contributed by atoms with E-state index in [4.69, 9.17) is 32.7 Å². The molecule has 46 heavy (non-hydrogen) atoms. The van der Waals surface area contributed by atoms with Crippen molar-refractivity contribution in [3.8, 4) is 11.1 Å². The van der Waals surface area contributed by atoms with Gasteiger partial charge in [-0.3, -0.25) is 19.4 Å². The predicted octanol–water partition coefficient (Wildman–Crippen LogP) is 5.59. The van der Waals surface area contributed by atoms with Crippen LogP contribution >= 0.6 is 45.9 Å². The summed E-state index contributed by atoms with van der Waals surface area (Å²) in [7, 11) is 0. The van der Waals surface area contributed by atoms with E-state index in [9.17, 15) is 9.59 Å². The zero-order chi connectivity index (χ0) is 31.4. The summed E-state index contributed by atoms with van der Waals surface area (Å²) in [4.78, 5) is 42.9. The molecule has 4 aliphatic rings. The molecule has 2 amide bonds. The first-order valence-corrected chi connectivity index (χ1v) is 17.6. The van der Waals surface area contributed by atoms with Crippen LogP contribution in [0.25, 0.3) is 11.1 Å². The molecule has 0 spiro atoms. The Morgan fingerprint density at radius 2 is 1.15 bits per heavy atom. The highest BCUT2D eigenvalue weighted by Gasteiger charge is 2.32. The first-order chi connectivity index (χ1) is 22.4. The Balaban J connectivity index is 0.972. The van der Waals surface area contributed by atoms with E-state index >= 15 is 0 Å². The molecular formula is C32H30Cl2N6O4S2. The third-order valence-corrected chi connectivity index (χ3v) is 11.9. The predicted molar refractivity (Wildman–Crippen MR) is 179 cm³/mol. The van der Waals surface area contributed by atoms with Gasteiger partial charge in [0.05, 0.1) is 71.3 Å². The van der Waals surface area contributed by atoms with Crippen molar-refractivity contribution in [1.29, 1.82) is 0 Å². The number of amides is 2. The molecule has 0 aliphatic carbocycles. The number of anilines is 2. The van der Waals surface area contributed by atoms with Crippen LogP contribution in [0.3, 0.4) is 0 Å². The smallest absolute Gasteiger partial charge is 0.284 e. The lowest BCUT2D eigenvalue weighted by Crippen LogP contribution is -2.50. The number of hydrogen-bond donors (Lipinski definition) is 2. The van der Waals surface area contributed by atoms with Crippen molar-refractivity contribution >= 4 is 69.1 Å². The lowest BCUT2D eigenvalue weighted by atomic mass is 10.0. The average molecular weight is 698 g/mol. The summed E-state index contributed by atoms with van der Waals surface area (Å²) in [5.41, 5.74) is 4.13. The Labute approximate surface area is 283 Å². The number of benzene rings is 2. The minimum atomic E-state index is -0.306. The van der Waals surface area contributed by atoms with Gasteiger partial charge in [0.25, 0.3) is 11.8 Å². The number of nitrogens with one attached hydrogen (secondary N) is 2. The van der Waals surface area contributed by atoms with Crippen LogP contribution < -0.4 is 10.6 Å². The Morgan fingerprint density at radius 1 is 0.717 bits per heavy atom. The van der Waals surface area contributed by atoms with E-state index in [1.165, 1.54) is 22.7 Å². The van der Waals surface area contributed by atoms with Gasteiger partial charge in [0.1, 0.15) is 0 Å². The zero-order valence-electron chi connectivity index (χ0n) is 24.7. The van der Waals surface area contributed by atoms with Gasteiger partial charge in [-0.15, -0.1) is 22.7 Å². The van der Waals surface area contributed by atoms with Gasteiger partial charge in [0, 0.05) is 59.9 Å². The number of carbonyl (C=O) groups is 2. The van der Waals surface area contributed by atoms with E-state index < -0.39 is 0 Å². The molecule has 2 fully saturated rings. The zero-order valence-corrected chi connectivity index (χ0v) is 27.8. The maximum Gasteiger partial charge on any atom is 0.284 e. The maximum absolute atomic E-state index is 13.3. The third-order valence-electron chi connectivity index (χ3n) is 8.97. The summed E-state index contributed by atoms with van der Waals surface area (Å²) in [6, 6.07) is 11.7. The van der Waals surface area contributed by atoms with E-state index in [1.807, 2.05) is 24.3 Å². The van der Waals surface area contributed by atoms with Crippen LogP contribution in [0, 0.1) is 0 Å². The van der Waals surface area contributed by atoms with E-state index in [2.05, 4.69) is 30.4 Å². The molecule has 0 radical (unpaired) electrons. The van der Waals surface area contributed by atoms with Crippen LogP contribution in [0.1, 0.15) is 40.7 Å². The van der Waals surface area contributed by atoms with E-state index in [0.29, 0.717) is 54.6 Å². The molecular weight excluding hydrogens is 667 g/mol. The quantitative estimate of drug-likeness (QED) is 0.258. The Kier molecular flexibility index (Phi) is 8.32. The van der Waals surface area contributed by atoms with E-state index in [-0.39, 0.29) is 11.8 Å². The molecule has 2 aromatic heterocycles. The number of fused-ring (bicyclic) bond motifs is 2. The number of aromatic nitrogens is 2. The van der Waals surface area contributed by atoms with Gasteiger partial charge in [-0.25, -0.2) is 9.97 Å². The van der Waals surface area contributed by atoms with E-state index in [1.54, 1.807) is 12.1 Å². The van der Waals surface area contributed by atoms with Crippen molar-refractivity contribution in [3.05, 3.63) is 77.6 Å². The van der Waals surface area contributed by atoms with Crippen molar-refractivity contribution in [2.75, 3.05) is 50.2 Å². The lowest BCUT2D eigenvalue weighted by molar-refractivity contribution is -0.0692. The summed E-state index contributed by atoms with van der Waals surface area (Å²) in [5.74, 6) is -0.612. The standard InChI is InChI=1S/C32H30Cl2N6O4S2/c33-27-19(3-1-5-23(27)35-29(41)31-37-21-7-9-39(11-25(21)45-31)17-13-43-14-17)20-4-2-6-24(28(20)34)36-30(42)32-38-22-8-10-40(12-26(22)46-32)18-15-44-16-18/h1-6,17-18H,7-16H2,(H,35,41)(H,36,42). The first kappa shape index (κ1) is 30.4. The van der Waals surface area contributed by atoms with Crippen LogP contribution in [-0.2, 0) is 35.4 Å². The highest BCUT2D eigenvalue weighted by molar-refractivity contribution is 7.14. The summed E-state index contributed by atoms with van der Waals surface area (Å²) >= 11 is 16.6. The SMILES string of the molecule is O=C(Nc1cccc(-c2cccc(NC(=O)c3nc4c(s3)CN(C3COC3)CC4)c2Cl)c1Cl)c1nc2c(s1)CN(C1COC1)CC2. The average Bonchev–Trinajstić information content (AvgIpc) is 3.62. The molecule has 2 aromatic carbocycles. The van der Waals surface area contributed by atoms with Crippen molar-refractivity contribution in [2.45, 2.75) is 38.0 Å². The second-order valence-electron chi connectivity index (χ2n) is 11.8. The fraction of sp³-hybridized carbons (Fsp3) is 0.375. The van der Waals surface area contributed by atoms with Crippen molar-refractivity contribution in [1.82, 2.24) is 19.8 Å². The van der Waals surface area contributed by atoms with E-state index in [0.717, 1.165) is 86.6 Å². The molecule has 4 aromatic rings. The molecule has 2 saturated heterocycles. The fourth-order valence-electron chi connectivity index (χ4n) is 6.14. The van der Waals surface area contributed by atoms with Crippen molar-refractivity contribution in [2.24, 2.45) is 0 Å². The number of carbonyl (C=O) groups excluding carboxylic acids is 2. The molecule has 14 heteroatoms. The Bertz CT molecular complexity index is 1710. The molecule has 6 heterocycles. The van der Waals surface area contributed by atoms with Gasteiger partial charge in [-0.05, 0) is 12.1 Å². The van der Waals surface area contributed by atoms with Gasteiger partial charge in [0.2, 0.25) is 0 Å². The summed E-state index contributed by atoms with van der Waals surface area (Å²) in [5, 5.41) is 7.39. The topological polar surface area (TPSA) is 109 Å². The molecule has 0 atom stereocenters. The second kappa shape index (κ2) is 12.6. The maximum atomic E-state index is 13.3. The van der Waals surface area contributed by atoms with Crippen LogP contribution in [0.5, 0.6) is 0 Å². The fourth-order valence-corrected chi connectivity index (χ4v) is 8.75. The van der Waals surface area contributed by atoms with Gasteiger partial charge in [-0.2, -0.15) is 0 Å². The highest BCUT2D eigenvalue weighted by atomic mass is 35.5. The lowest BCUT2D eigenvalue weighted by Gasteiger charge is -2.38. The number of thiazole rings is 2. The monoisotopic (exact) mass is 696 g/mol. The summed E-state index contributed by atoms with van der Waals surface area (Å²) in [6.07, 6.45) is 1.63. The van der Waals surface area contributed by atoms with Crippen LogP contribution in [-0.4, -0.2) is 83.2 Å². The first-order valence-electron chi connectivity index (χ1n) is 15.2. The minimum absolute atomic E-state index is 0.306. The molecule has 0 unspecified atom stereocenters. The number of rotatable bonds is 7. The number of halogens is 2. The summed E-state index contributed by atoms with van der Waals surface area (Å²) in [6.45, 7) is 6.46. The van der Waals surface area contributed by atoms with Crippen LogP contribution in [0.15, 0.2) is 36.4 Å². The molecule has 2 N–H and O–H groups in total. The Morgan fingerprint density at radius 3 is 1.54 bits per heavy atom. The van der Waals surface area contributed by atoms with Gasteiger partial charge in [-0.1, -0.05) is 47.5 Å². The molecule has 238 valence electrons. The van der Waals surface area contributed by atoms with Gasteiger partial charge in [0.15, 0.2) is 10.0 Å². The number of ether oxygens (including phenoxy) is 2. The molecule has 0 bridgehead atoms. The molecule has 8 rings (SSSR count). The van der Waals surface area contributed by atoms with Gasteiger partial charge >= 0.3 is 0 Å². The van der Waals surface area contributed by atoms with Crippen LogP contribution in [0.4, 0.5) is 11.4 Å². The minimum Gasteiger partial charge on any atom is -0.378 e. The largest absolute Gasteiger partial charge is 0.378 e. The summed E-state index contributed by atoms with van der Waals surface area (Å²) < 4.78 is 10.7. The van der Waals surface area contributed by atoms with Crippen LogP contribution in [0.2, 0.25) is 10.0 Å². The van der Waals surface area contributed by atoms with Gasteiger partial charge < -0.3 is 20.1 Å². The third kappa shape index (κ3) is 5.75. The normalized spacial score (nSPS) is 18.7.